The van der Waals surface area contributed by atoms with Crippen molar-refractivity contribution in [3.8, 4) is 5.75 Å². The fourth-order valence-corrected chi connectivity index (χ4v) is 4.13. The highest BCUT2D eigenvalue weighted by Crippen LogP contribution is 2.18. The number of methoxy groups -OCH3 is 1. The molecule has 1 aliphatic heterocycles. The summed E-state index contributed by atoms with van der Waals surface area (Å²) in [6.07, 6.45) is 4.74. The zero-order valence-corrected chi connectivity index (χ0v) is 19.3. The van der Waals surface area contributed by atoms with Crippen LogP contribution in [0, 0.1) is 5.92 Å². The minimum Gasteiger partial charge on any atom is -0.497 e. The predicted molar refractivity (Wildman–Crippen MR) is 127 cm³/mol. The molecule has 2 aromatic rings. The van der Waals surface area contributed by atoms with Gasteiger partial charge < -0.3 is 24.3 Å². The smallest absolute Gasteiger partial charge is 0.193 e. The molecule has 1 aliphatic rings. The minimum absolute atomic E-state index is 0.707. The maximum atomic E-state index is 5.47. The molecule has 1 unspecified atom stereocenters. The molecule has 1 aromatic carbocycles. The highest BCUT2D eigenvalue weighted by atomic mass is 16.5. The summed E-state index contributed by atoms with van der Waals surface area (Å²) >= 11 is 0. The largest absolute Gasteiger partial charge is 0.497 e. The number of likely N-dealkylation sites (tertiary alicyclic amines) is 1. The van der Waals surface area contributed by atoms with Crippen LogP contribution in [0.25, 0.3) is 0 Å². The molecule has 2 heterocycles. The van der Waals surface area contributed by atoms with Crippen molar-refractivity contribution in [2.24, 2.45) is 10.9 Å². The molecule has 1 N–H and O–H groups in total. The van der Waals surface area contributed by atoms with E-state index in [9.17, 15) is 0 Å². The van der Waals surface area contributed by atoms with Crippen molar-refractivity contribution in [2.45, 2.75) is 33.1 Å². The number of hydrogen-bond donors (Lipinski definition) is 1. The summed E-state index contributed by atoms with van der Waals surface area (Å²) in [7, 11) is 1.70. The van der Waals surface area contributed by atoms with Crippen LogP contribution < -0.4 is 10.1 Å². The van der Waals surface area contributed by atoms with Gasteiger partial charge in [0.2, 0.25) is 0 Å². The van der Waals surface area contributed by atoms with Gasteiger partial charge >= 0.3 is 0 Å². The fourth-order valence-electron chi connectivity index (χ4n) is 4.13. The fraction of sp³-hybridized carbons (Fsp3) is 0.560. The van der Waals surface area contributed by atoms with E-state index in [1.54, 1.807) is 13.4 Å². The van der Waals surface area contributed by atoms with E-state index in [4.69, 9.17) is 14.1 Å². The molecule has 1 fully saturated rings. The normalized spacial score (nSPS) is 16.8. The van der Waals surface area contributed by atoms with Gasteiger partial charge in [-0.3, -0.25) is 4.99 Å². The van der Waals surface area contributed by atoms with Crippen molar-refractivity contribution in [1.29, 1.82) is 0 Å². The van der Waals surface area contributed by atoms with Crippen LogP contribution in [0.1, 0.15) is 31.6 Å². The lowest BCUT2D eigenvalue weighted by molar-refractivity contribution is 0.255. The van der Waals surface area contributed by atoms with E-state index in [0.29, 0.717) is 5.92 Å². The molecule has 1 atom stereocenters. The lowest BCUT2D eigenvalue weighted by Gasteiger charge is -2.24. The quantitative estimate of drug-likeness (QED) is 0.439. The van der Waals surface area contributed by atoms with Crippen LogP contribution in [-0.4, -0.2) is 68.7 Å². The van der Waals surface area contributed by atoms with E-state index in [-0.39, 0.29) is 0 Å². The summed E-state index contributed by atoms with van der Waals surface area (Å²) in [5, 5.41) is 3.62. The average Bonchev–Trinajstić information content (AvgIpc) is 3.49. The second-order valence-corrected chi connectivity index (χ2v) is 8.15. The van der Waals surface area contributed by atoms with Crippen molar-refractivity contribution in [3.05, 3.63) is 54.0 Å². The Bertz CT molecular complexity index is 769. The van der Waals surface area contributed by atoms with Gasteiger partial charge in [-0.15, -0.1) is 0 Å². The molecule has 0 bridgehead atoms. The first-order valence-electron chi connectivity index (χ1n) is 11.6. The predicted octanol–water partition coefficient (Wildman–Crippen LogP) is 3.68. The molecule has 6 nitrogen and oxygen atoms in total. The topological polar surface area (TPSA) is 53.2 Å². The van der Waals surface area contributed by atoms with E-state index >= 15 is 0 Å². The number of nitrogens with zero attached hydrogens (tertiary/aromatic N) is 3. The molecule has 0 spiro atoms. The first kappa shape index (κ1) is 23.2. The maximum absolute atomic E-state index is 5.47. The van der Waals surface area contributed by atoms with Crippen LogP contribution in [0.5, 0.6) is 5.75 Å². The standard InChI is InChI=1S/C25H38N4O2/c1-4-28(5-2)19-22-14-17-29(20-22)25(27-16-13-24-7-6-18-31-24)26-15-12-21-8-10-23(30-3)11-9-21/h6-11,18,22H,4-5,12-17,19-20H2,1-3H3,(H,26,27). The third kappa shape index (κ3) is 7.31. The summed E-state index contributed by atoms with van der Waals surface area (Å²) < 4.78 is 10.7. The van der Waals surface area contributed by atoms with Gasteiger partial charge in [0.15, 0.2) is 5.96 Å². The van der Waals surface area contributed by atoms with E-state index in [1.165, 1.54) is 18.5 Å². The Labute approximate surface area is 187 Å². The summed E-state index contributed by atoms with van der Waals surface area (Å²) in [5.41, 5.74) is 1.30. The van der Waals surface area contributed by atoms with Gasteiger partial charge in [0.05, 0.1) is 13.4 Å². The Hall–Kier alpha value is -2.47. The van der Waals surface area contributed by atoms with Crippen molar-refractivity contribution in [1.82, 2.24) is 15.1 Å². The Kier molecular flexibility index (Phi) is 9.28. The highest BCUT2D eigenvalue weighted by molar-refractivity contribution is 5.80. The molecular formula is C25H38N4O2. The summed E-state index contributed by atoms with van der Waals surface area (Å²) in [6.45, 7) is 11.7. The number of nitrogens with one attached hydrogen (secondary N) is 1. The van der Waals surface area contributed by atoms with Crippen LogP contribution >= 0.6 is 0 Å². The van der Waals surface area contributed by atoms with Crippen LogP contribution in [-0.2, 0) is 12.8 Å². The Balaban J connectivity index is 1.56. The van der Waals surface area contributed by atoms with Gasteiger partial charge in [-0.1, -0.05) is 26.0 Å². The van der Waals surface area contributed by atoms with Crippen LogP contribution in [0.2, 0.25) is 0 Å². The molecule has 0 saturated carbocycles. The molecule has 170 valence electrons. The lowest BCUT2D eigenvalue weighted by atomic mass is 10.1. The number of hydrogen-bond acceptors (Lipinski definition) is 4. The molecule has 31 heavy (non-hydrogen) atoms. The van der Waals surface area contributed by atoms with Gasteiger partial charge in [0.1, 0.15) is 11.5 Å². The maximum Gasteiger partial charge on any atom is 0.193 e. The summed E-state index contributed by atoms with van der Waals surface area (Å²) in [6, 6.07) is 12.2. The van der Waals surface area contributed by atoms with Gasteiger partial charge in [-0.2, -0.15) is 0 Å². The summed E-state index contributed by atoms with van der Waals surface area (Å²) in [4.78, 5) is 9.89. The third-order valence-electron chi connectivity index (χ3n) is 6.05. The lowest BCUT2D eigenvalue weighted by Crippen LogP contribution is -2.42. The average molecular weight is 427 g/mol. The van der Waals surface area contributed by atoms with Crippen molar-refractivity contribution < 1.29 is 9.15 Å². The van der Waals surface area contributed by atoms with Crippen molar-refractivity contribution in [3.63, 3.8) is 0 Å². The number of aliphatic imine (C=N–C) groups is 1. The van der Waals surface area contributed by atoms with E-state index in [2.05, 4.69) is 41.1 Å². The van der Waals surface area contributed by atoms with Crippen molar-refractivity contribution >= 4 is 5.96 Å². The van der Waals surface area contributed by atoms with E-state index in [0.717, 1.165) is 69.6 Å². The number of benzene rings is 1. The monoisotopic (exact) mass is 426 g/mol. The summed E-state index contributed by atoms with van der Waals surface area (Å²) in [5.74, 6) is 3.62. The molecule has 6 heteroatoms. The number of guanidine groups is 1. The Morgan fingerprint density at radius 3 is 2.68 bits per heavy atom. The molecular weight excluding hydrogens is 388 g/mol. The zero-order valence-electron chi connectivity index (χ0n) is 19.3. The number of furan rings is 1. The van der Waals surface area contributed by atoms with Gasteiger partial charge in [-0.05, 0) is 61.7 Å². The molecule has 0 radical (unpaired) electrons. The van der Waals surface area contributed by atoms with Crippen LogP contribution in [0.15, 0.2) is 52.1 Å². The highest BCUT2D eigenvalue weighted by Gasteiger charge is 2.26. The number of rotatable bonds is 11. The second kappa shape index (κ2) is 12.4. The van der Waals surface area contributed by atoms with Crippen molar-refractivity contribution in [2.75, 3.05) is 52.9 Å². The molecule has 0 aliphatic carbocycles. The van der Waals surface area contributed by atoms with Crippen LogP contribution in [0.3, 0.4) is 0 Å². The van der Waals surface area contributed by atoms with E-state index < -0.39 is 0 Å². The molecule has 3 rings (SSSR count). The Morgan fingerprint density at radius 2 is 2.00 bits per heavy atom. The van der Waals surface area contributed by atoms with Crippen LogP contribution in [0.4, 0.5) is 0 Å². The van der Waals surface area contributed by atoms with E-state index in [1.807, 2.05) is 24.3 Å². The first-order chi connectivity index (χ1) is 15.2. The third-order valence-corrected chi connectivity index (χ3v) is 6.05. The van der Waals surface area contributed by atoms with Gasteiger partial charge in [0.25, 0.3) is 0 Å². The van der Waals surface area contributed by atoms with Gasteiger partial charge in [-0.25, -0.2) is 0 Å². The zero-order chi connectivity index (χ0) is 21.9. The Morgan fingerprint density at radius 1 is 1.19 bits per heavy atom. The second-order valence-electron chi connectivity index (χ2n) is 8.15. The molecule has 0 amide bonds. The van der Waals surface area contributed by atoms with Gasteiger partial charge in [0, 0.05) is 39.1 Å². The molecule has 1 saturated heterocycles. The SMILES string of the molecule is CCN(CC)CC1CCN(C(=NCCc2ccco2)NCCc2ccc(OC)cc2)C1. The number of ether oxygens (including phenoxy) is 1. The first-order valence-corrected chi connectivity index (χ1v) is 11.6. The minimum atomic E-state index is 0.707. The molecule has 1 aromatic heterocycles.